The number of halogens is 1. The van der Waals surface area contributed by atoms with Crippen molar-refractivity contribution in [1.82, 2.24) is 15.3 Å². The van der Waals surface area contributed by atoms with Crippen molar-refractivity contribution in [3.05, 3.63) is 77.5 Å². The molecule has 3 aromatic rings. The summed E-state index contributed by atoms with van der Waals surface area (Å²) < 4.78 is 18.6. The maximum absolute atomic E-state index is 13.0. The Labute approximate surface area is 157 Å². The molecule has 2 aromatic carbocycles. The SMILES string of the molecule is Cc1ccc(OCC(=O)NCc2cc(-c3ccc(F)cc3)ncn2)cc1C. The molecule has 5 nitrogen and oxygen atoms in total. The van der Waals surface area contributed by atoms with Gasteiger partial charge >= 0.3 is 0 Å². The number of hydrogen-bond donors (Lipinski definition) is 1. The molecule has 1 amide bonds. The molecule has 6 heteroatoms. The minimum Gasteiger partial charge on any atom is -0.484 e. The molecule has 0 bridgehead atoms. The van der Waals surface area contributed by atoms with Crippen molar-refractivity contribution in [1.29, 1.82) is 0 Å². The van der Waals surface area contributed by atoms with E-state index in [1.165, 1.54) is 24.0 Å². The van der Waals surface area contributed by atoms with Gasteiger partial charge in [0.2, 0.25) is 0 Å². The Kier molecular flexibility index (Phi) is 5.76. The van der Waals surface area contributed by atoms with Crippen LogP contribution in [0.25, 0.3) is 11.3 Å². The van der Waals surface area contributed by atoms with E-state index < -0.39 is 0 Å². The lowest BCUT2D eigenvalue weighted by molar-refractivity contribution is -0.123. The van der Waals surface area contributed by atoms with Crippen LogP contribution in [0.15, 0.2) is 54.9 Å². The quantitative estimate of drug-likeness (QED) is 0.725. The molecular formula is C21H20FN3O2. The highest BCUT2D eigenvalue weighted by Crippen LogP contribution is 2.18. The topological polar surface area (TPSA) is 64.1 Å². The Morgan fingerprint density at radius 1 is 1.04 bits per heavy atom. The normalized spacial score (nSPS) is 10.5. The van der Waals surface area contributed by atoms with Gasteiger partial charge in [-0.3, -0.25) is 4.79 Å². The van der Waals surface area contributed by atoms with Crippen LogP contribution in [-0.2, 0) is 11.3 Å². The molecule has 0 saturated carbocycles. The Morgan fingerprint density at radius 3 is 2.56 bits per heavy atom. The van der Waals surface area contributed by atoms with Crippen molar-refractivity contribution < 1.29 is 13.9 Å². The van der Waals surface area contributed by atoms with Crippen molar-refractivity contribution in [2.24, 2.45) is 0 Å². The summed E-state index contributed by atoms with van der Waals surface area (Å²) in [4.78, 5) is 20.4. The number of rotatable bonds is 6. The summed E-state index contributed by atoms with van der Waals surface area (Å²) >= 11 is 0. The van der Waals surface area contributed by atoms with Gasteiger partial charge in [-0.25, -0.2) is 14.4 Å². The monoisotopic (exact) mass is 365 g/mol. The van der Waals surface area contributed by atoms with Gasteiger partial charge in [0.25, 0.3) is 5.91 Å². The van der Waals surface area contributed by atoms with Crippen LogP contribution in [0, 0.1) is 19.7 Å². The summed E-state index contributed by atoms with van der Waals surface area (Å²) in [5.41, 5.74) is 4.39. The van der Waals surface area contributed by atoms with E-state index in [9.17, 15) is 9.18 Å². The fourth-order valence-electron chi connectivity index (χ4n) is 2.47. The zero-order valence-corrected chi connectivity index (χ0v) is 15.2. The Balaban J connectivity index is 1.55. The smallest absolute Gasteiger partial charge is 0.258 e. The summed E-state index contributed by atoms with van der Waals surface area (Å²) in [5, 5.41) is 2.77. The maximum Gasteiger partial charge on any atom is 0.258 e. The summed E-state index contributed by atoms with van der Waals surface area (Å²) in [6.45, 7) is 4.20. The molecule has 0 aliphatic carbocycles. The number of aromatic nitrogens is 2. The van der Waals surface area contributed by atoms with Crippen molar-refractivity contribution in [3.63, 3.8) is 0 Å². The van der Waals surface area contributed by atoms with Crippen LogP contribution < -0.4 is 10.1 Å². The van der Waals surface area contributed by atoms with Gasteiger partial charge in [-0.05, 0) is 67.4 Å². The van der Waals surface area contributed by atoms with E-state index in [4.69, 9.17) is 4.74 Å². The highest BCUT2D eigenvalue weighted by atomic mass is 19.1. The lowest BCUT2D eigenvalue weighted by Crippen LogP contribution is -2.28. The number of nitrogens with one attached hydrogen (secondary N) is 1. The molecule has 0 radical (unpaired) electrons. The van der Waals surface area contributed by atoms with Gasteiger partial charge in [0.1, 0.15) is 17.9 Å². The largest absolute Gasteiger partial charge is 0.484 e. The van der Waals surface area contributed by atoms with Gasteiger partial charge in [-0.15, -0.1) is 0 Å². The first kappa shape index (κ1) is 18.5. The molecular weight excluding hydrogens is 345 g/mol. The number of carbonyl (C=O) groups is 1. The Hall–Kier alpha value is -3.28. The van der Waals surface area contributed by atoms with Crippen molar-refractivity contribution >= 4 is 5.91 Å². The van der Waals surface area contributed by atoms with E-state index in [0.717, 1.165) is 11.1 Å². The second-order valence-electron chi connectivity index (χ2n) is 6.21. The lowest BCUT2D eigenvalue weighted by Gasteiger charge is -2.09. The van der Waals surface area contributed by atoms with E-state index in [-0.39, 0.29) is 24.9 Å². The van der Waals surface area contributed by atoms with Gasteiger partial charge < -0.3 is 10.1 Å². The van der Waals surface area contributed by atoms with Crippen molar-refractivity contribution in [2.45, 2.75) is 20.4 Å². The van der Waals surface area contributed by atoms with Gasteiger partial charge in [0.05, 0.1) is 17.9 Å². The maximum atomic E-state index is 13.0. The van der Waals surface area contributed by atoms with Crippen LogP contribution in [0.2, 0.25) is 0 Å². The van der Waals surface area contributed by atoms with Crippen LogP contribution >= 0.6 is 0 Å². The summed E-state index contributed by atoms with van der Waals surface area (Å²) in [6.07, 6.45) is 1.42. The van der Waals surface area contributed by atoms with E-state index in [1.807, 2.05) is 32.0 Å². The van der Waals surface area contributed by atoms with Crippen LogP contribution in [0.1, 0.15) is 16.8 Å². The van der Waals surface area contributed by atoms with E-state index in [1.54, 1.807) is 18.2 Å². The predicted octanol–water partition coefficient (Wildman–Crippen LogP) is 3.59. The van der Waals surface area contributed by atoms with Crippen LogP contribution in [-0.4, -0.2) is 22.5 Å². The number of benzene rings is 2. The molecule has 0 unspecified atom stereocenters. The Bertz CT molecular complexity index is 942. The first-order valence-corrected chi connectivity index (χ1v) is 8.55. The molecule has 27 heavy (non-hydrogen) atoms. The fraction of sp³-hybridized carbons (Fsp3) is 0.190. The molecule has 1 aromatic heterocycles. The highest BCUT2D eigenvalue weighted by Gasteiger charge is 2.06. The van der Waals surface area contributed by atoms with E-state index in [2.05, 4.69) is 15.3 Å². The molecule has 0 aliphatic rings. The third-order valence-corrected chi connectivity index (χ3v) is 4.18. The molecule has 0 fully saturated rings. The van der Waals surface area contributed by atoms with Gasteiger partial charge in [-0.1, -0.05) is 6.07 Å². The van der Waals surface area contributed by atoms with Crippen molar-refractivity contribution in [3.8, 4) is 17.0 Å². The Morgan fingerprint density at radius 2 is 1.81 bits per heavy atom. The molecule has 0 spiro atoms. The zero-order valence-electron chi connectivity index (χ0n) is 15.2. The number of ether oxygens (including phenoxy) is 1. The summed E-state index contributed by atoms with van der Waals surface area (Å²) in [7, 11) is 0. The number of amides is 1. The van der Waals surface area contributed by atoms with Gasteiger partial charge in [0, 0.05) is 5.56 Å². The predicted molar refractivity (Wildman–Crippen MR) is 101 cm³/mol. The van der Waals surface area contributed by atoms with Gasteiger partial charge in [0.15, 0.2) is 6.61 Å². The van der Waals surface area contributed by atoms with Gasteiger partial charge in [-0.2, -0.15) is 0 Å². The highest BCUT2D eigenvalue weighted by molar-refractivity contribution is 5.77. The third kappa shape index (κ3) is 5.10. The molecule has 1 N–H and O–H groups in total. The van der Waals surface area contributed by atoms with Crippen molar-refractivity contribution in [2.75, 3.05) is 6.61 Å². The average molecular weight is 365 g/mol. The standard InChI is InChI=1S/C21H20FN3O2/c1-14-3-8-19(9-15(14)2)27-12-21(26)23-11-18-10-20(25-13-24-18)16-4-6-17(22)7-5-16/h3-10,13H,11-12H2,1-2H3,(H,23,26). The molecule has 0 aliphatic heterocycles. The first-order valence-electron chi connectivity index (χ1n) is 8.55. The molecule has 138 valence electrons. The van der Waals surface area contributed by atoms with E-state index >= 15 is 0 Å². The molecule has 3 rings (SSSR count). The second-order valence-corrected chi connectivity index (χ2v) is 6.21. The summed E-state index contributed by atoms with van der Waals surface area (Å²) in [5.74, 6) is 0.119. The lowest BCUT2D eigenvalue weighted by atomic mass is 10.1. The number of nitrogens with zero attached hydrogens (tertiary/aromatic N) is 2. The zero-order chi connectivity index (χ0) is 19.2. The van der Waals surface area contributed by atoms with Crippen LogP contribution in [0.3, 0.4) is 0 Å². The minimum absolute atomic E-state index is 0.0710. The number of aryl methyl sites for hydroxylation is 2. The van der Waals surface area contributed by atoms with E-state index in [0.29, 0.717) is 17.1 Å². The van der Waals surface area contributed by atoms with Crippen LogP contribution in [0.5, 0.6) is 5.75 Å². The third-order valence-electron chi connectivity index (χ3n) is 4.18. The minimum atomic E-state index is -0.302. The summed E-state index contributed by atoms with van der Waals surface area (Å²) in [6, 6.07) is 13.5. The first-order chi connectivity index (χ1) is 13.0. The average Bonchev–Trinajstić information content (AvgIpc) is 2.68. The number of carbonyl (C=O) groups excluding carboxylic acids is 1. The number of hydrogen-bond acceptors (Lipinski definition) is 4. The molecule has 0 atom stereocenters. The second kappa shape index (κ2) is 8.40. The fourth-order valence-corrected chi connectivity index (χ4v) is 2.47. The van der Waals surface area contributed by atoms with Crippen LogP contribution in [0.4, 0.5) is 4.39 Å². The molecule has 1 heterocycles. The molecule has 0 saturated heterocycles.